The van der Waals surface area contributed by atoms with Gasteiger partial charge in [-0.2, -0.15) is 0 Å². The second-order valence-corrected chi connectivity index (χ2v) is 8.47. The molecule has 25 heavy (non-hydrogen) atoms. The maximum Gasteiger partial charge on any atom is 0.262 e. The highest BCUT2D eigenvalue weighted by molar-refractivity contribution is 8.15. The summed E-state index contributed by atoms with van der Waals surface area (Å²) in [7, 11) is 0. The molecule has 134 valence electrons. The van der Waals surface area contributed by atoms with E-state index in [2.05, 4.69) is 10.2 Å². The molecule has 0 aromatic heterocycles. The fourth-order valence-corrected chi connectivity index (χ4v) is 4.03. The Labute approximate surface area is 152 Å². The van der Waals surface area contributed by atoms with Gasteiger partial charge in [0.2, 0.25) is 5.12 Å². The molecule has 2 heterocycles. The lowest BCUT2D eigenvalue weighted by atomic mass is 10.1. The molecule has 0 spiro atoms. The largest absolute Gasteiger partial charge is 0.486 e. The Morgan fingerprint density at radius 2 is 1.96 bits per heavy atom. The lowest BCUT2D eigenvalue weighted by Gasteiger charge is -2.30. The van der Waals surface area contributed by atoms with Crippen molar-refractivity contribution < 1.29 is 14.3 Å². The van der Waals surface area contributed by atoms with Gasteiger partial charge in [-0.25, -0.2) is 0 Å². The van der Waals surface area contributed by atoms with Crippen LogP contribution < -0.4 is 10.2 Å². The van der Waals surface area contributed by atoms with Crippen molar-refractivity contribution in [3.8, 4) is 0 Å². The summed E-state index contributed by atoms with van der Waals surface area (Å²) in [6, 6.07) is 7.87. The first-order valence-electron chi connectivity index (χ1n) is 8.67. The van der Waals surface area contributed by atoms with Gasteiger partial charge in [0.1, 0.15) is 5.76 Å². The number of benzene rings is 1. The second kappa shape index (κ2) is 7.52. The van der Waals surface area contributed by atoms with Gasteiger partial charge in [-0.3, -0.25) is 9.59 Å². The lowest BCUT2D eigenvalue weighted by molar-refractivity contribution is -0.119. The first-order chi connectivity index (χ1) is 12.0. The number of carbonyl (C=O) groups excluding carboxylic acids is 2. The van der Waals surface area contributed by atoms with E-state index in [0.29, 0.717) is 5.76 Å². The molecule has 0 saturated carbocycles. The smallest absolute Gasteiger partial charge is 0.262 e. The van der Waals surface area contributed by atoms with Gasteiger partial charge in [0.15, 0.2) is 6.61 Å². The Bertz CT molecular complexity index is 694. The monoisotopic (exact) mass is 360 g/mol. The van der Waals surface area contributed by atoms with Crippen LogP contribution in [0.5, 0.6) is 0 Å². The number of nitrogens with one attached hydrogen (secondary N) is 1. The number of nitrogens with zero attached hydrogens (tertiary/aromatic N) is 1. The Hall–Kier alpha value is -1.95. The second-order valence-electron chi connectivity index (χ2n) is 6.84. The lowest BCUT2D eigenvalue weighted by Crippen LogP contribution is -2.31. The van der Waals surface area contributed by atoms with E-state index in [1.54, 1.807) is 0 Å². The van der Waals surface area contributed by atoms with E-state index in [1.165, 1.54) is 37.1 Å². The van der Waals surface area contributed by atoms with E-state index in [-0.39, 0.29) is 17.6 Å². The molecule has 1 saturated heterocycles. The van der Waals surface area contributed by atoms with Crippen LogP contribution in [0.15, 0.2) is 36.1 Å². The van der Waals surface area contributed by atoms with E-state index < -0.39 is 4.75 Å². The molecule has 2 aliphatic rings. The summed E-state index contributed by atoms with van der Waals surface area (Å²) >= 11 is 1.21. The molecule has 3 rings (SSSR count). The molecule has 1 aromatic carbocycles. The zero-order valence-corrected chi connectivity index (χ0v) is 15.5. The summed E-state index contributed by atoms with van der Waals surface area (Å²) in [4.78, 5) is 26.2. The Balaban J connectivity index is 1.62. The molecule has 1 aromatic rings. The van der Waals surface area contributed by atoms with Crippen LogP contribution in [0.2, 0.25) is 0 Å². The predicted octanol–water partition coefficient (Wildman–Crippen LogP) is 3.57. The number of hydrogen-bond acceptors (Lipinski definition) is 5. The van der Waals surface area contributed by atoms with Crippen molar-refractivity contribution in [2.45, 2.75) is 37.9 Å². The Morgan fingerprint density at radius 1 is 1.24 bits per heavy atom. The van der Waals surface area contributed by atoms with Crippen LogP contribution in [0.3, 0.4) is 0 Å². The maximum absolute atomic E-state index is 12.3. The molecule has 0 bridgehead atoms. The molecule has 0 radical (unpaired) electrons. The molecule has 6 heteroatoms. The quantitative estimate of drug-likeness (QED) is 0.870. The molecule has 0 aliphatic carbocycles. The van der Waals surface area contributed by atoms with Crippen molar-refractivity contribution in [1.82, 2.24) is 0 Å². The van der Waals surface area contributed by atoms with Crippen molar-refractivity contribution in [3.63, 3.8) is 0 Å². The van der Waals surface area contributed by atoms with Gasteiger partial charge in [-0.1, -0.05) is 23.9 Å². The molecule has 1 N–H and O–H groups in total. The number of ether oxygens (including phenoxy) is 1. The summed E-state index contributed by atoms with van der Waals surface area (Å²) in [6.07, 6.45) is 5.10. The van der Waals surface area contributed by atoms with E-state index >= 15 is 0 Å². The van der Waals surface area contributed by atoms with Crippen LogP contribution in [0.25, 0.3) is 0 Å². The molecule has 1 fully saturated rings. The van der Waals surface area contributed by atoms with Crippen LogP contribution in [-0.2, 0) is 14.3 Å². The minimum absolute atomic E-state index is 0.0316. The van der Waals surface area contributed by atoms with Gasteiger partial charge >= 0.3 is 0 Å². The first kappa shape index (κ1) is 17.9. The number of para-hydroxylation sites is 2. The van der Waals surface area contributed by atoms with Crippen molar-refractivity contribution in [2.75, 3.05) is 29.9 Å². The highest BCUT2D eigenvalue weighted by Gasteiger charge is 2.35. The molecule has 0 atom stereocenters. The van der Waals surface area contributed by atoms with Gasteiger partial charge in [0.25, 0.3) is 5.91 Å². The topological polar surface area (TPSA) is 58.6 Å². The van der Waals surface area contributed by atoms with Crippen molar-refractivity contribution >= 4 is 34.2 Å². The SMILES string of the molecule is CC1(C)SC(=O)C=C1OCC(=O)Nc1ccccc1N1CCCCC1. The average Bonchev–Trinajstić information content (AvgIpc) is 2.86. The van der Waals surface area contributed by atoms with Crippen LogP contribution in [-0.4, -0.2) is 35.5 Å². The van der Waals surface area contributed by atoms with E-state index in [1.807, 2.05) is 38.1 Å². The number of anilines is 2. The minimum Gasteiger partial charge on any atom is -0.486 e. The third-order valence-corrected chi connectivity index (χ3v) is 5.46. The van der Waals surface area contributed by atoms with Crippen LogP contribution >= 0.6 is 11.8 Å². The van der Waals surface area contributed by atoms with Crippen molar-refractivity contribution in [3.05, 3.63) is 36.1 Å². The summed E-state index contributed by atoms with van der Waals surface area (Å²) < 4.78 is 5.19. The average molecular weight is 360 g/mol. The summed E-state index contributed by atoms with van der Waals surface area (Å²) in [5.41, 5.74) is 1.87. The van der Waals surface area contributed by atoms with Gasteiger partial charge in [-0.15, -0.1) is 0 Å². The highest BCUT2D eigenvalue weighted by atomic mass is 32.2. The number of amides is 1. The zero-order chi connectivity index (χ0) is 17.9. The Morgan fingerprint density at radius 3 is 2.64 bits per heavy atom. The van der Waals surface area contributed by atoms with Crippen LogP contribution in [0.1, 0.15) is 33.1 Å². The van der Waals surface area contributed by atoms with E-state index in [9.17, 15) is 9.59 Å². The standard InChI is InChI=1S/C19H24N2O3S/c1-19(2)16(12-18(23)25-19)24-13-17(22)20-14-8-4-5-9-15(14)21-10-6-3-7-11-21/h4-5,8-9,12H,3,6-7,10-11,13H2,1-2H3,(H,20,22). The number of thioether (sulfide) groups is 1. The minimum atomic E-state index is -0.414. The number of rotatable bonds is 5. The van der Waals surface area contributed by atoms with E-state index in [0.717, 1.165) is 24.5 Å². The van der Waals surface area contributed by atoms with Gasteiger partial charge in [-0.05, 0) is 45.2 Å². The molecule has 1 amide bonds. The van der Waals surface area contributed by atoms with Crippen molar-refractivity contribution in [1.29, 1.82) is 0 Å². The summed E-state index contributed by atoms with van der Waals surface area (Å²) in [6.45, 7) is 5.76. The molecular weight excluding hydrogens is 336 g/mol. The fourth-order valence-electron chi connectivity index (χ4n) is 3.15. The van der Waals surface area contributed by atoms with Crippen molar-refractivity contribution in [2.24, 2.45) is 0 Å². The van der Waals surface area contributed by atoms with Crippen LogP contribution in [0, 0.1) is 0 Å². The molecule has 5 nitrogen and oxygen atoms in total. The number of carbonyl (C=O) groups is 2. The van der Waals surface area contributed by atoms with Crippen LogP contribution in [0.4, 0.5) is 11.4 Å². The van der Waals surface area contributed by atoms with Gasteiger partial charge in [0.05, 0.1) is 16.1 Å². The Kier molecular flexibility index (Phi) is 5.37. The predicted molar refractivity (Wildman–Crippen MR) is 102 cm³/mol. The first-order valence-corrected chi connectivity index (χ1v) is 9.49. The fraction of sp³-hybridized carbons (Fsp3) is 0.474. The molecule has 2 aliphatic heterocycles. The van der Waals surface area contributed by atoms with Gasteiger partial charge < -0.3 is 15.0 Å². The molecule has 0 unspecified atom stereocenters. The number of hydrogen-bond donors (Lipinski definition) is 1. The van der Waals surface area contributed by atoms with E-state index in [4.69, 9.17) is 4.74 Å². The highest BCUT2D eigenvalue weighted by Crippen LogP contribution is 2.39. The third kappa shape index (κ3) is 4.37. The summed E-state index contributed by atoms with van der Waals surface area (Å²) in [5.74, 6) is 0.340. The maximum atomic E-state index is 12.3. The zero-order valence-electron chi connectivity index (χ0n) is 14.7. The number of piperidine rings is 1. The molecular formula is C19H24N2O3S. The summed E-state index contributed by atoms with van der Waals surface area (Å²) in [5, 5.41) is 2.91. The normalized spacial score (nSPS) is 19.5. The third-order valence-electron chi connectivity index (χ3n) is 4.43. The van der Waals surface area contributed by atoms with Gasteiger partial charge in [0, 0.05) is 19.2 Å².